The Bertz CT molecular complexity index is 777. The number of carbonyl (C=O) groups excluding carboxylic acids is 3. The number of imide groups is 1. The van der Waals surface area contributed by atoms with Crippen LogP contribution in [-0.4, -0.2) is 40.8 Å². The number of ether oxygens (including phenoxy) is 1. The van der Waals surface area contributed by atoms with Gasteiger partial charge in [0, 0.05) is 29.0 Å². The third kappa shape index (κ3) is 4.46. The molecule has 8 heteroatoms. The highest BCUT2D eigenvalue weighted by Gasteiger charge is 2.27. The first-order valence-electron chi connectivity index (χ1n) is 7.74. The molecule has 0 spiro atoms. The lowest BCUT2D eigenvalue weighted by molar-refractivity contribution is -0.143. The molecular weight excluding hydrogens is 360 g/mol. The molecule has 25 heavy (non-hydrogen) atoms. The fraction of sp³-hybridized carbons (Fsp3) is 0.294. The molecule has 0 N–H and O–H groups in total. The highest BCUT2D eigenvalue weighted by Crippen LogP contribution is 2.26. The molecule has 1 saturated heterocycles. The van der Waals surface area contributed by atoms with Crippen LogP contribution in [0.4, 0.5) is 0 Å². The maximum Gasteiger partial charge on any atom is 0.339 e. The molecule has 0 bridgehead atoms. The van der Waals surface area contributed by atoms with E-state index >= 15 is 0 Å². The highest BCUT2D eigenvalue weighted by atomic mass is 32.2. The molecule has 1 aliphatic heterocycles. The summed E-state index contributed by atoms with van der Waals surface area (Å²) in [6.45, 7) is -0.0229. The molecule has 0 unspecified atom stereocenters. The van der Waals surface area contributed by atoms with Gasteiger partial charge in [0.2, 0.25) is 5.91 Å². The second-order valence-corrected chi connectivity index (χ2v) is 7.12. The van der Waals surface area contributed by atoms with Crippen molar-refractivity contribution in [1.82, 2.24) is 9.88 Å². The normalized spacial score (nSPS) is 13.9. The van der Waals surface area contributed by atoms with Crippen molar-refractivity contribution in [2.75, 3.05) is 13.2 Å². The quantitative estimate of drug-likeness (QED) is 0.570. The Labute approximate surface area is 153 Å². The first-order valence-corrected chi connectivity index (χ1v) is 9.67. The number of hydrogen-bond donors (Lipinski definition) is 0. The van der Waals surface area contributed by atoms with E-state index in [-0.39, 0.29) is 5.91 Å². The summed E-state index contributed by atoms with van der Waals surface area (Å²) >= 11 is 3.01. The summed E-state index contributed by atoms with van der Waals surface area (Å²) < 4.78 is 5.12. The molecule has 2 aromatic rings. The zero-order valence-corrected chi connectivity index (χ0v) is 15.0. The number of rotatable bonds is 6. The second-order valence-electron chi connectivity index (χ2n) is 5.38. The minimum atomic E-state index is -0.568. The summed E-state index contributed by atoms with van der Waals surface area (Å²) in [6.07, 6.45) is 1.03. The van der Waals surface area contributed by atoms with Crippen molar-refractivity contribution in [2.45, 2.75) is 23.5 Å². The molecule has 0 radical (unpaired) electrons. The Balaban J connectivity index is 1.59. The molecule has 130 valence electrons. The summed E-state index contributed by atoms with van der Waals surface area (Å²) in [5.41, 5.74) is 3.12. The molecule has 1 aliphatic rings. The lowest BCUT2D eigenvalue weighted by Crippen LogP contribution is -2.35. The van der Waals surface area contributed by atoms with E-state index in [1.807, 2.05) is 17.5 Å². The molecule has 1 fully saturated rings. The average Bonchev–Trinajstić information content (AvgIpc) is 3.29. The third-order valence-electron chi connectivity index (χ3n) is 3.67. The molecule has 1 aromatic carbocycles. The number of thioether (sulfide) groups is 1. The van der Waals surface area contributed by atoms with Crippen LogP contribution in [0.25, 0.3) is 0 Å². The number of thiazole rings is 1. The van der Waals surface area contributed by atoms with Gasteiger partial charge in [-0.1, -0.05) is 12.1 Å². The molecule has 3 rings (SSSR count). The molecule has 0 atom stereocenters. The van der Waals surface area contributed by atoms with E-state index in [2.05, 4.69) is 4.98 Å². The van der Waals surface area contributed by atoms with Gasteiger partial charge in [-0.25, -0.2) is 9.78 Å². The number of nitrogens with zero attached hydrogens (tertiary/aromatic N) is 2. The van der Waals surface area contributed by atoms with Crippen molar-refractivity contribution < 1.29 is 19.1 Å². The van der Waals surface area contributed by atoms with Gasteiger partial charge in [-0.2, -0.15) is 0 Å². The SMILES string of the molecule is O=C(OCC(=O)N1CCCC1=O)c1ccccc1SCc1cscn1. The summed E-state index contributed by atoms with van der Waals surface area (Å²) in [6, 6.07) is 7.08. The van der Waals surface area contributed by atoms with E-state index in [0.29, 0.717) is 30.7 Å². The van der Waals surface area contributed by atoms with Crippen molar-refractivity contribution in [2.24, 2.45) is 0 Å². The number of carbonyl (C=O) groups is 3. The van der Waals surface area contributed by atoms with E-state index in [0.717, 1.165) is 15.5 Å². The predicted molar refractivity (Wildman–Crippen MR) is 94.4 cm³/mol. The first-order chi connectivity index (χ1) is 12.1. The van der Waals surface area contributed by atoms with Crippen LogP contribution in [0, 0.1) is 0 Å². The summed E-state index contributed by atoms with van der Waals surface area (Å²) in [5, 5.41) is 1.96. The Morgan fingerprint density at radius 1 is 1.32 bits per heavy atom. The van der Waals surface area contributed by atoms with Crippen molar-refractivity contribution in [3.05, 3.63) is 46.4 Å². The number of benzene rings is 1. The van der Waals surface area contributed by atoms with Crippen molar-refractivity contribution in [3.8, 4) is 0 Å². The molecule has 0 saturated carbocycles. The number of esters is 1. The van der Waals surface area contributed by atoms with Crippen LogP contribution < -0.4 is 0 Å². The summed E-state index contributed by atoms with van der Waals surface area (Å²) in [4.78, 5) is 42.0. The van der Waals surface area contributed by atoms with Gasteiger partial charge in [-0.05, 0) is 18.6 Å². The summed E-state index contributed by atoms with van der Waals surface area (Å²) in [5.74, 6) is -0.597. The van der Waals surface area contributed by atoms with E-state index in [4.69, 9.17) is 4.74 Å². The Kier molecular flexibility index (Phi) is 5.83. The topological polar surface area (TPSA) is 76.6 Å². The standard InChI is InChI=1S/C17H16N2O4S2/c20-15-6-3-7-19(15)16(21)8-23-17(22)13-4-1-2-5-14(13)25-10-12-9-24-11-18-12/h1-2,4-5,9,11H,3,6-8,10H2. The Hall–Kier alpha value is -2.19. The van der Waals surface area contributed by atoms with Gasteiger partial charge in [-0.15, -0.1) is 23.1 Å². The number of likely N-dealkylation sites (tertiary alicyclic amines) is 1. The van der Waals surface area contributed by atoms with Gasteiger partial charge in [0.05, 0.1) is 16.8 Å². The van der Waals surface area contributed by atoms with E-state index < -0.39 is 18.5 Å². The maximum atomic E-state index is 12.3. The summed E-state index contributed by atoms with van der Waals surface area (Å²) in [7, 11) is 0. The van der Waals surface area contributed by atoms with Gasteiger partial charge < -0.3 is 4.74 Å². The molecule has 1 aromatic heterocycles. The van der Waals surface area contributed by atoms with Crippen LogP contribution >= 0.6 is 23.1 Å². The van der Waals surface area contributed by atoms with Crippen LogP contribution in [0.3, 0.4) is 0 Å². The van der Waals surface area contributed by atoms with Crippen LogP contribution in [0.2, 0.25) is 0 Å². The van der Waals surface area contributed by atoms with Crippen LogP contribution in [0.5, 0.6) is 0 Å². The van der Waals surface area contributed by atoms with Crippen molar-refractivity contribution >= 4 is 40.9 Å². The van der Waals surface area contributed by atoms with Crippen LogP contribution in [0.1, 0.15) is 28.9 Å². The molecule has 6 nitrogen and oxygen atoms in total. The molecule has 2 heterocycles. The number of hydrogen-bond acceptors (Lipinski definition) is 7. The Morgan fingerprint density at radius 3 is 2.88 bits per heavy atom. The lowest BCUT2D eigenvalue weighted by atomic mass is 10.2. The van der Waals surface area contributed by atoms with Crippen molar-refractivity contribution in [3.63, 3.8) is 0 Å². The minimum absolute atomic E-state index is 0.208. The Morgan fingerprint density at radius 2 is 2.16 bits per heavy atom. The first kappa shape index (κ1) is 17.6. The van der Waals surface area contributed by atoms with Crippen LogP contribution in [0.15, 0.2) is 40.1 Å². The second kappa shape index (κ2) is 8.26. The van der Waals surface area contributed by atoms with Crippen LogP contribution in [-0.2, 0) is 20.1 Å². The highest BCUT2D eigenvalue weighted by molar-refractivity contribution is 7.98. The number of aromatic nitrogens is 1. The largest absolute Gasteiger partial charge is 0.452 e. The van der Waals surface area contributed by atoms with Crippen molar-refractivity contribution in [1.29, 1.82) is 0 Å². The van der Waals surface area contributed by atoms with E-state index in [1.54, 1.807) is 17.6 Å². The van der Waals surface area contributed by atoms with Gasteiger partial charge >= 0.3 is 5.97 Å². The smallest absolute Gasteiger partial charge is 0.339 e. The fourth-order valence-electron chi connectivity index (χ4n) is 2.42. The lowest BCUT2D eigenvalue weighted by Gasteiger charge is -2.14. The van der Waals surface area contributed by atoms with E-state index in [9.17, 15) is 14.4 Å². The minimum Gasteiger partial charge on any atom is -0.452 e. The zero-order valence-electron chi connectivity index (χ0n) is 13.3. The molecule has 0 aliphatic carbocycles. The third-order valence-corrected chi connectivity index (χ3v) is 5.41. The fourth-order valence-corrected chi connectivity index (χ4v) is 4.02. The van der Waals surface area contributed by atoms with Gasteiger partial charge in [-0.3, -0.25) is 14.5 Å². The zero-order chi connectivity index (χ0) is 17.6. The van der Waals surface area contributed by atoms with Gasteiger partial charge in [0.15, 0.2) is 6.61 Å². The van der Waals surface area contributed by atoms with E-state index in [1.165, 1.54) is 23.1 Å². The molecular formula is C17H16N2O4S2. The molecule has 2 amide bonds. The maximum absolute atomic E-state index is 12.3. The predicted octanol–water partition coefficient (Wildman–Crippen LogP) is 2.74. The number of amides is 2. The van der Waals surface area contributed by atoms with Gasteiger partial charge in [0.1, 0.15) is 0 Å². The average molecular weight is 376 g/mol. The van der Waals surface area contributed by atoms with Gasteiger partial charge in [0.25, 0.3) is 5.91 Å². The monoisotopic (exact) mass is 376 g/mol.